The summed E-state index contributed by atoms with van der Waals surface area (Å²) in [5.74, 6) is 0. The summed E-state index contributed by atoms with van der Waals surface area (Å²) in [6, 6.07) is 0. The molecule has 0 aromatic carbocycles. The van der Waals surface area contributed by atoms with Gasteiger partial charge in [-0.25, -0.2) is 0 Å². The fourth-order valence-corrected chi connectivity index (χ4v) is 0.532. The number of nitrogens with one attached hydrogen (secondary N) is 1. The minimum absolute atomic E-state index is 0.606. The second kappa shape index (κ2) is 5.61. The van der Waals surface area contributed by atoms with Crippen LogP contribution in [0.5, 0.6) is 0 Å². The van der Waals surface area contributed by atoms with Gasteiger partial charge in [-0.15, -0.1) is 0 Å². The van der Waals surface area contributed by atoms with Gasteiger partial charge in [-0.3, -0.25) is 5.32 Å². The summed E-state index contributed by atoms with van der Waals surface area (Å²) in [5.41, 5.74) is 0. The first kappa shape index (κ1) is 9.84. The van der Waals surface area contributed by atoms with Gasteiger partial charge >= 0.3 is 0 Å². The molecule has 0 bridgehead atoms. The van der Waals surface area contributed by atoms with Crippen LogP contribution in [0, 0.1) is 0 Å². The molecule has 0 saturated heterocycles. The first-order valence-electron chi connectivity index (χ1n) is 3.46. The molecule has 4 nitrogen and oxygen atoms in total. The molecule has 4 heteroatoms. The normalized spacial score (nSPS) is 14.1. The Labute approximate surface area is 60.5 Å². The Morgan fingerprint density at radius 1 is 1.30 bits per heavy atom. The van der Waals surface area contributed by atoms with Gasteiger partial charge in [0.25, 0.3) is 0 Å². The van der Waals surface area contributed by atoms with Crippen molar-refractivity contribution < 1.29 is 15.3 Å². The van der Waals surface area contributed by atoms with Crippen molar-refractivity contribution in [3.05, 3.63) is 0 Å². The molecule has 0 aromatic heterocycles. The number of rotatable bonds is 5. The van der Waals surface area contributed by atoms with Crippen molar-refractivity contribution in [2.45, 2.75) is 32.3 Å². The fourth-order valence-electron chi connectivity index (χ4n) is 0.532. The number of aliphatic hydroxyl groups excluding tert-OH is 2. The third-order valence-corrected chi connectivity index (χ3v) is 1.17. The average Bonchev–Trinajstić information content (AvgIpc) is 1.88. The Balaban J connectivity index is 3.13. The summed E-state index contributed by atoms with van der Waals surface area (Å²) in [7, 11) is 0. The standard InChI is InChI=1S/C6H15NO3/c1-2-3-4-7-5(8)6(9)10/h5-10H,2-4H2,1H3. The summed E-state index contributed by atoms with van der Waals surface area (Å²) in [4.78, 5) is 0. The van der Waals surface area contributed by atoms with E-state index in [2.05, 4.69) is 5.32 Å². The van der Waals surface area contributed by atoms with Gasteiger partial charge in [0.05, 0.1) is 0 Å². The van der Waals surface area contributed by atoms with Crippen LogP contribution < -0.4 is 5.32 Å². The Hall–Kier alpha value is -0.160. The minimum Gasteiger partial charge on any atom is -0.373 e. The van der Waals surface area contributed by atoms with Crippen molar-refractivity contribution in [2.75, 3.05) is 6.54 Å². The first-order chi connectivity index (χ1) is 4.68. The van der Waals surface area contributed by atoms with E-state index in [1.807, 2.05) is 6.92 Å². The SMILES string of the molecule is CCCCNC(O)C(O)O. The topological polar surface area (TPSA) is 72.7 Å². The lowest BCUT2D eigenvalue weighted by atomic mass is 10.3. The summed E-state index contributed by atoms with van der Waals surface area (Å²) >= 11 is 0. The van der Waals surface area contributed by atoms with E-state index < -0.39 is 12.5 Å². The Morgan fingerprint density at radius 2 is 1.90 bits per heavy atom. The maximum Gasteiger partial charge on any atom is 0.192 e. The highest BCUT2D eigenvalue weighted by atomic mass is 16.5. The van der Waals surface area contributed by atoms with Crippen LogP contribution in [-0.2, 0) is 0 Å². The third-order valence-electron chi connectivity index (χ3n) is 1.17. The van der Waals surface area contributed by atoms with Crippen LogP contribution in [-0.4, -0.2) is 34.4 Å². The van der Waals surface area contributed by atoms with E-state index in [0.717, 1.165) is 12.8 Å². The summed E-state index contributed by atoms with van der Waals surface area (Å²) in [6.45, 7) is 2.62. The molecule has 62 valence electrons. The van der Waals surface area contributed by atoms with Gasteiger partial charge in [0.2, 0.25) is 0 Å². The molecule has 0 aromatic rings. The van der Waals surface area contributed by atoms with Gasteiger partial charge in [0.1, 0.15) is 0 Å². The number of aliphatic hydroxyl groups is 3. The third kappa shape index (κ3) is 4.69. The van der Waals surface area contributed by atoms with Gasteiger partial charge in [0, 0.05) is 0 Å². The lowest BCUT2D eigenvalue weighted by Gasteiger charge is -2.13. The molecular formula is C6H15NO3. The van der Waals surface area contributed by atoms with E-state index in [1.54, 1.807) is 0 Å². The smallest absolute Gasteiger partial charge is 0.192 e. The zero-order valence-corrected chi connectivity index (χ0v) is 6.12. The second-order valence-electron chi connectivity index (χ2n) is 2.17. The van der Waals surface area contributed by atoms with Crippen molar-refractivity contribution in [1.82, 2.24) is 5.32 Å². The highest BCUT2D eigenvalue weighted by Gasteiger charge is 2.09. The van der Waals surface area contributed by atoms with Crippen LogP contribution in [0.4, 0.5) is 0 Å². The predicted octanol–water partition coefficient (Wildman–Crippen LogP) is -0.995. The predicted molar refractivity (Wildman–Crippen MR) is 37.1 cm³/mol. The number of hydrogen-bond acceptors (Lipinski definition) is 4. The lowest BCUT2D eigenvalue weighted by Crippen LogP contribution is -2.39. The molecule has 0 aliphatic rings. The van der Waals surface area contributed by atoms with Gasteiger partial charge in [0.15, 0.2) is 12.5 Å². The minimum atomic E-state index is -1.68. The zero-order chi connectivity index (χ0) is 7.98. The molecule has 0 spiro atoms. The van der Waals surface area contributed by atoms with Crippen LogP contribution in [0.15, 0.2) is 0 Å². The van der Waals surface area contributed by atoms with E-state index >= 15 is 0 Å². The van der Waals surface area contributed by atoms with E-state index in [1.165, 1.54) is 0 Å². The maximum absolute atomic E-state index is 8.74. The van der Waals surface area contributed by atoms with E-state index in [9.17, 15) is 0 Å². The molecule has 1 unspecified atom stereocenters. The molecule has 0 saturated carbocycles. The van der Waals surface area contributed by atoms with Crippen molar-refractivity contribution in [1.29, 1.82) is 0 Å². The van der Waals surface area contributed by atoms with Gasteiger partial charge in [-0.1, -0.05) is 13.3 Å². The van der Waals surface area contributed by atoms with Crippen molar-refractivity contribution in [2.24, 2.45) is 0 Å². The van der Waals surface area contributed by atoms with Gasteiger partial charge < -0.3 is 15.3 Å². The molecule has 1 atom stereocenters. The Kier molecular flexibility index (Phi) is 5.52. The fraction of sp³-hybridized carbons (Fsp3) is 1.00. The largest absolute Gasteiger partial charge is 0.373 e. The zero-order valence-electron chi connectivity index (χ0n) is 6.12. The maximum atomic E-state index is 8.74. The van der Waals surface area contributed by atoms with Crippen LogP contribution in [0.25, 0.3) is 0 Å². The molecule has 0 heterocycles. The van der Waals surface area contributed by atoms with Crippen molar-refractivity contribution >= 4 is 0 Å². The monoisotopic (exact) mass is 149 g/mol. The molecule has 0 rings (SSSR count). The molecule has 0 fully saturated rings. The molecular weight excluding hydrogens is 134 g/mol. The first-order valence-corrected chi connectivity index (χ1v) is 3.46. The number of unbranched alkanes of at least 4 members (excludes halogenated alkanes) is 1. The van der Waals surface area contributed by atoms with Crippen LogP contribution in [0.2, 0.25) is 0 Å². The molecule has 0 amide bonds. The lowest BCUT2D eigenvalue weighted by molar-refractivity contribution is -0.132. The molecule has 0 aliphatic heterocycles. The Bertz CT molecular complexity index is 77.4. The molecule has 0 radical (unpaired) electrons. The molecule has 0 aliphatic carbocycles. The highest BCUT2D eigenvalue weighted by molar-refractivity contribution is 4.53. The van der Waals surface area contributed by atoms with Crippen LogP contribution in [0.1, 0.15) is 19.8 Å². The van der Waals surface area contributed by atoms with E-state index in [0.29, 0.717) is 6.54 Å². The van der Waals surface area contributed by atoms with Crippen LogP contribution in [0.3, 0.4) is 0 Å². The number of hydrogen-bond donors (Lipinski definition) is 4. The Morgan fingerprint density at radius 3 is 2.30 bits per heavy atom. The second-order valence-corrected chi connectivity index (χ2v) is 2.17. The quantitative estimate of drug-likeness (QED) is 0.299. The summed E-state index contributed by atoms with van der Waals surface area (Å²) in [5, 5.41) is 28.0. The molecule has 10 heavy (non-hydrogen) atoms. The van der Waals surface area contributed by atoms with E-state index in [4.69, 9.17) is 15.3 Å². The average molecular weight is 149 g/mol. The molecule has 4 N–H and O–H groups in total. The van der Waals surface area contributed by atoms with Gasteiger partial charge in [-0.05, 0) is 13.0 Å². The van der Waals surface area contributed by atoms with Crippen LogP contribution >= 0.6 is 0 Å². The van der Waals surface area contributed by atoms with Crippen molar-refractivity contribution in [3.8, 4) is 0 Å². The highest BCUT2D eigenvalue weighted by Crippen LogP contribution is 1.86. The van der Waals surface area contributed by atoms with Gasteiger partial charge in [-0.2, -0.15) is 0 Å². The summed E-state index contributed by atoms with van der Waals surface area (Å²) < 4.78 is 0. The van der Waals surface area contributed by atoms with E-state index in [-0.39, 0.29) is 0 Å². The van der Waals surface area contributed by atoms with Crippen molar-refractivity contribution in [3.63, 3.8) is 0 Å². The summed E-state index contributed by atoms with van der Waals surface area (Å²) in [6.07, 6.45) is -0.964.